The zero-order valence-electron chi connectivity index (χ0n) is 16.5. The molecule has 0 saturated heterocycles. The predicted octanol–water partition coefficient (Wildman–Crippen LogP) is 4.30. The van der Waals surface area contributed by atoms with Crippen LogP contribution in [0, 0.1) is 0 Å². The third-order valence-electron chi connectivity index (χ3n) is 5.13. The van der Waals surface area contributed by atoms with Crippen LogP contribution in [-0.4, -0.2) is 22.6 Å². The summed E-state index contributed by atoms with van der Waals surface area (Å²) in [7, 11) is 3.58. The van der Waals surface area contributed by atoms with Gasteiger partial charge in [-0.1, -0.05) is 54.6 Å². The molecule has 3 aromatic carbocycles. The maximum Gasteiger partial charge on any atom is 0.255 e. The van der Waals surface area contributed by atoms with E-state index in [1.807, 2.05) is 67.7 Å². The molecule has 29 heavy (non-hydrogen) atoms. The maximum atomic E-state index is 13.0. The van der Waals surface area contributed by atoms with E-state index >= 15 is 0 Å². The molecular formula is C24H23N3O2. The number of para-hydroxylation sites is 3. The van der Waals surface area contributed by atoms with Crippen molar-refractivity contribution in [1.82, 2.24) is 14.9 Å². The van der Waals surface area contributed by atoms with Crippen LogP contribution in [0.4, 0.5) is 0 Å². The first kappa shape index (κ1) is 18.7. The quantitative estimate of drug-likeness (QED) is 0.538. The number of benzene rings is 3. The molecule has 0 bridgehead atoms. The molecule has 4 rings (SSSR count). The van der Waals surface area contributed by atoms with Crippen molar-refractivity contribution >= 4 is 16.9 Å². The van der Waals surface area contributed by atoms with Crippen molar-refractivity contribution in [2.24, 2.45) is 7.05 Å². The minimum absolute atomic E-state index is 0.171. The molecule has 0 aliphatic rings. The van der Waals surface area contributed by atoms with Crippen LogP contribution in [0.5, 0.6) is 5.75 Å². The Morgan fingerprint density at radius 2 is 1.69 bits per heavy atom. The summed E-state index contributed by atoms with van der Waals surface area (Å²) in [6.45, 7) is 0. The summed E-state index contributed by atoms with van der Waals surface area (Å²) in [5.41, 5.74) is 3.57. The van der Waals surface area contributed by atoms with E-state index < -0.39 is 0 Å². The summed E-state index contributed by atoms with van der Waals surface area (Å²) >= 11 is 0. The van der Waals surface area contributed by atoms with Crippen LogP contribution in [0.1, 0.15) is 27.8 Å². The molecule has 1 heterocycles. The number of nitrogens with one attached hydrogen (secondary N) is 1. The van der Waals surface area contributed by atoms with E-state index in [9.17, 15) is 4.79 Å². The third kappa shape index (κ3) is 3.85. The first-order chi connectivity index (χ1) is 14.2. The second-order valence-corrected chi connectivity index (χ2v) is 6.92. The van der Waals surface area contributed by atoms with Gasteiger partial charge in [-0.05, 0) is 29.8 Å². The summed E-state index contributed by atoms with van der Waals surface area (Å²) in [5.74, 6) is 1.30. The number of imidazole rings is 1. The molecule has 0 spiro atoms. The van der Waals surface area contributed by atoms with Crippen molar-refractivity contribution in [2.75, 3.05) is 7.11 Å². The molecule has 146 valence electrons. The largest absolute Gasteiger partial charge is 0.496 e. The zero-order chi connectivity index (χ0) is 20.2. The molecule has 1 amide bonds. The third-order valence-corrected chi connectivity index (χ3v) is 5.13. The standard InChI is InChI=1S/C24H23N3O2/c1-27-21-14-8-7-13-19(21)25-23(27)16-20(17-10-4-3-5-11-17)26-24(28)18-12-6-9-15-22(18)29-2/h3-15,20H,16H2,1-2H3,(H,26,28). The van der Waals surface area contributed by atoms with Crippen molar-refractivity contribution in [3.05, 3.63) is 95.8 Å². The number of hydrogen-bond donors (Lipinski definition) is 1. The van der Waals surface area contributed by atoms with Crippen LogP contribution in [0.3, 0.4) is 0 Å². The van der Waals surface area contributed by atoms with Gasteiger partial charge in [0, 0.05) is 13.5 Å². The molecule has 0 radical (unpaired) electrons. The van der Waals surface area contributed by atoms with Gasteiger partial charge in [0.15, 0.2) is 0 Å². The Balaban J connectivity index is 1.67. The first-order valence-corrected chi connectivity index (χ1v) is 9.56. The lowest BCUT2D eigenvalue weighted by atomic mass is 10.0. The number of fused-ring (bicyclic) bond motifs is 1. The van der Waals surface area contributed by atoms with Gasteiger partial charge in [-0.3, -0.25) is 4.79 Å². The number of nitrogens with zero attached hydrogens (tertiary/aromatic N) is 2. The van der Waals surface area contributed by atoms with Gasteiger partial charge in [-0.15, -0.1) is 0 Å². The van der Waals surface area contributed by atoms with Crippen molar-refractivity contribution in [3.8, 4) is 5.75 Å². The predicted molar refractivity (Wildman–Crippen MR) is 114 cm³/mol. The molecule has 0 aliphatic carbocycles. The second-order valence-electron chi connectivity index (χ2n) is 6.92. The number of hydrogen-bond acceptors (Lipinski definition) is 3. The molecule has 5 nitrogen and oxygen atoms in total. The first-order valence-electron chi connectivity index (χ1n) is 9.56. The van der Waals surface area contributed by atoms with E-state index in [-0.39, 0.29) is 11.9 Å². The molecule has 4 aromatic rings. The number of aryl methyl sites for hydroxylation is 1. The molecule has 1 N–H and O–H groups in total. The van der Waals surface area contributed by atoms with Gasteiger partial charge in [0.2, 0.25) is 0 Å². The minimum atomic E-state index is -0.218. The summed E-state index contributed by atoms with van der Waals surface area (Å²) in [6, 6.07) is 25.0. The fourth-order valence-corrected chi connectivity index (χ4v) is 3.57. The molecule has 0 aliphatic heterocycles. The van der Waals surface area contributed by atoms with Crippen LogP contribution in [0.2, 0.25) is 0 Å². The Hall–Kier alpha value is -3.60. The normalized spacial score (nSPS) is 11.9. The van der Waals surface area contributed by atoms with Crippen molar-refractivity contribution in [1.29, 1.82) is 0 Å². The lowest BCUT2D eigenvalue weighted by molar-refractivity contribution is 0.0933. The molecule has 0 saturated carbocycles. The lowest BCUT2D eigenvalue weighted by Crippen LogP contribution is -2.31. The van der Waals surface area contributed by atoms with E-state index in [0.29, 0.717) is 17.7 Å². The number of carbonyl (C=O) groups excluding carboxylic acids is 1. The molecular weight excluding hydrogens is 362 g/mol. The zero-order valence-corrected chi connectivity index (χ0v) is 16.5. The fraction of sp³-hybridized carbons (Fsp3) is 0.167. The molecule has 1 atom stereocenters. The average molecular weight is 385 g/mol. The van der Waals surface area contributed by atoms with Gasteiger partial charge in [0.05, 0.1) is 29.7 Å². The van der Waals surface area contributed by atoms with Crippen LogP contribution >= 0.6 is 0 Å². The van der Waals surface area contributed by atoms with Crippen molar-refractivity contribution in [3.63, 3.8) is 0 Å². The van der Waals surface area contributed by atoms with Gasteiger partial charge < -0.3 is 14.6 Å². The summed E-state index contributed by atoms with van der Waals surface area (Å²) in [4.78, 5) is 17.8. The number of ether oxygens (including phenoxy) is 1. The lowest BCUT2D eigenvalue weighted by Gasteiger charge is -2.20. The highest BCUT2D eigenvalue weighted by Gasteiger charge is 2.21. The van der Waals surface area contributed by atoms with Crippen LogP contribution < -0.4 is 10.1 Å². The number of amides is 1. The monoisotopic (exact) mass is 385 g/mol. The highest BCUT2D eigenvalue weighted by atomic mass is 16.5. The van der Waals surface area contributed by atoms with Crippen LogP contribution in [0.15, 0.2) is 78.9 Å². The summed E-state index contributed by atoms with van der Waals surface area (Å²) < 4.78 is 7.44. The van der Waals surface area contributed by atoms with E-state index in [1.165, 1.54) is 0 Å². The van der Waals surface area contributed by atoms with Crippen molar-refractivity contribution in [2.45, 2.75) is 12.5 Å². The van der Waals surface area contributed by atoms with Gasteiger partial charge in [0.1, 0.15) is 11.6 Å². The second kappa shape index (κ2) is 8.19. The smallest absolute Gasteiger partial charge is 0.255 e. The Bertz CT molecular complexity index is 1140. The summed E-state index contributed by atoms with van der Waals surface area (Å²) in [6.07, 6.45) is 0.579. The van der Waals surface area contributed by atoms with E-state index in [4.69, 9.17) is 9.72 Å². The number of aromatic nitrogens is 2. The maximum absolute atomic E-state index is 13.0. The number of carbonyl (C=O) groups is 1. The molecule has 5 heteroatoms. The molecule has 1 unspecified atom stereocenters. The Kier molecular flexibility index (Phi) is 5.29. The van der Waals surface area contributed by atoms with Crippen LogP contribution in [-0.2, 0) is 13.5 Å². The number of rotatable bonds is 6. The Labute approximate surface area is 170 Å². The van der Waals surface area contributed by atoms with Gasteiger partial charge in [-0.2, -0.15) is 0 Å². The minimum Gasteiger partial charge on any atom is -0.496 e. The highest BCUT2D eigenvalue weighted by Crippen LogP contribution is 2.23. The number of methoxy groups -OCH3 is 1. The Morgan fingerprint density at radius 1 is 1.00 bits per heavy atom. The van der Waals surface area contributed by atoms with Gasteiger partial charge in [-0.25, -0.2) is 4.98 Å². The summed E-state index contributed by atoms with van der Waals surface area (Å²) in [5, 5.41) is 3.17. The topological polar surface area (TPSA) is 56.1 Å². The molecule has 1 aromatic heterocycles. The molecule has 0 fully saturated rings. The fourth-order valence-electron chi connectivity index (χ4n) is 3.57. The SMILES string of the molecule is COc1ccccc1C(=O)NC(Cc1nc2ccccc2n1C)c1ccccc1. The van der Waals surface area contributed by atoms with E-state index in [0.717, 1.165) is 22.4 Å². The van der Waals surface area contributed by atoms with Crippen molar-refractivity contribution < 1.29 is 9.53 Å². The van der Waals surface area contributed by atoms with Gasteiger partial charge >= 0.3 is 0 Å². The van der Waals surface area contributed by atoms with E-state index in [1.54, 1.807) is 19.2 Å². The van der Waals surface area contributed by atoms with Crippen LogP contribution in [0.25, 0.3) is 11.0 Å². The van der Waals surface area contributed by atoms with Gasteiger partial charge in [0.25, 0.3) is 5.91 Å². The Morgan fingerprint density at radius 3 is 2.45 bits per heavy atom. The van der Waals surface area contributed by atoms with E-state index in [2.05, 4.69) is 16.0 Å². The highest BCUT2D eigenvalue weighted by molar-refractivity contribution is 5.97. The average Bonchev–Trinajstić information content (AvgIpc) is 3.09.